The zero-order chi connectivity index (χ0) is 24.5. The van der Waals surface area contributed by atoms with Gasteiger partial charge in [-0.05, 0) is 37.8 Å². The minimum absolute atomic E-state index is 0.0130. The van der Waals surface area contributed by atoms with Crippen molar-refractivity contribution in [3.63, 3.8) is 0 Å². The predicted molar refractivity (Wildman–Crippen MR) is 134 cm³/mol. The van der Waals surface area contributed by atoms with Crippen LogP contribution in [-0.4, -0.2) is 46.7 Å². The summed E-state index contributed by atoms with van der Waals surface area (Å²) in [6, 6.07) is 5.68. The molecule has 0 unspecified atom stereocenters. The summed E-state index contributed by atoms with van der Waals surface area (Å²) in [5, 5.41) is 5.89. The molecule has 2 aliphatic rings. The highest BCUT2D eigenvalue weighted by molar-refractivity contribution is 5.99. The number of carbonyl (C=O) groups excluding carboxylic acids is 2. The summed E-state index contributed by atoms with van der Waals surface area (Å²) < 4.78 is 7.50. The van der Waals surface area contributed by atoms with Crippen LogP contribution in [0.2, 0.25) is 0 Å². The lowest BCUT2D eigenvalue weighted by molar-refractivity contribution is 0.0914. The van der Waals surface area contributed by atoms with E-state index in [0.717, 1.165) is 44.2 Å². The first-order valence-corrected chi connectivity index (χ1v) is 12.9. The van der Waals surface area contributed by atoms with Crippen LogP contribution in [0.25, 0.3) is 0 Å². The Morgan fingerprint density at radius 1 is 0.971 bits per heavy atom. The minimum Gasteiger partial charge on any atom is -0.376 e. The summed E-state index contributed by atoms with van der Waals surface area (Å²) in [6.45, 7) is 1.55. The Morgan fingerprint density at radius 3 is 2.40 bits per heavy atom. The number of amides is 2. The Kier molecular flexibility index (Phi) is 9.06. The van der Waals surface area contributed by atoms with E-state index in [1.54, 1.807) is 23.2 Å². The van der Waals surface area contributed by atoms with Gasteiger partial charge in [0.15, 0.2) is 0 Å². The first kappa shape index (κ1) is 25.1. The molecule has 3 heterocycles. The standard InChI is InChI=1S/C27H36N4O4/c32-25-23(26(33)29-15-13-20-9-6-7-14-28-20)18-31(17-22-12-8-16-35-22)19-24(25)27(34)30-21-10-4-2-1-3-5-11-21/h6-7,9,14,18-19,21-22H,1-5,8,10-13,15-17H2,(H,29,33)(H,30,34)/t22-/m1/s1. The van der Waals surface area contributed by atoms with E-state index in [0.29, 0.717) is 26.1 Å². The predicted octanol–water partition coefficient (Wildman–Crippen LogP) is 3.24. The number of aromatic nitrogens is 2. The Labute approximate surface area is 206 Å². The van der Waals surface area contributed by atoms with Gasteiger partial charge in [-0.2, -0.15) is 0 Å². The molecule has 8 nitrogen and oxygen atoms in total. The first-order chi connectivity index (χ1) is 17.1. The second-order valence-corrected chi connectivity index (χ2v) is 9.59. The van der Waals surface area contributed by atoms with Crippen molar-refractivity contribution in [1.29, 1.82) is 0 Å². The Bertz CT molecular complexity index is 1040. The van der Waals surface area contributed by atoms with Gasteiger partial charge in [0.1, 0.15) is 11.1 Å². The molecule has 1 aliphatic heterocycles. The monoisotopic (exact) mass is 480 g/mol. The van der Waals surface area contributed by atoms with E-state index in [4.69, 9.17) is 4.74 Å². The summed E-state index contributed by atoms with van der Waals surface area (Å²) >= 11 is 0. The Morgan fingerprint density at radius 2 is 1.71 bits per heavy atom. The van der Waals surface area contributed by atoms with Gasteiger partial charge in [-0.1, -0.05) is 38.2 Å². The van der Waals surface area contributed by atoms with Gasteiger partial charge < -0.3 is 19.9 Å². The normalized spacial score (nSPS) is 19.0. The van der Waals surface area contributed by atoms with Gasteiger partial charge in [0.2, 0.25) is 5.43 Å². The Balaban J connectivity index is 1.51. The molecule has 188 valence electrons. The number of carbonyl (C=O) groups is 2. The highest BCUT2D eigenvalue weighted by atomic mass is 16.5. The fourth-order valence-corrected chi connectivity index (χ4v) is 4.89. The molecule has 0 spiro atoms. The third kappa shape index (κ3) is 7.24. The van der Waals surface area contributed by atoms with Crippen LogP contribution in [-0.2, 0) is 17.7 Å². The van der Waals surface area contributed by atoms with E-state index in [1.807, 2.05) is 18.2 Å². The maximum Gasteiger partial charge on any atom is 0.256 e. The largest absolute Gasteiger partial charge is 0.376 e. The molecule has 2 aromatic heterocycles. The highest BCUT2D eigenvalue weighted by Gasteiger charge is 2.23. The van der Waals surface area contributed by atoms with E-state index in [-0.39, 0.29) is 23.3 Å². The van der Waals surface area contributed by atoms with E-state index in [9.17, 15) is 14.4 Å². The summed E-state index contributed by atoms with van der Waals surface area (Å²) in [7, 11) is 0. The minimum atomic E-state index is -0.535. The molecule has 1 aliphatic carbocycles. The van der Waals surface area contributed by atoms with Gasteiger partial charge in [0.25, 0.3) is 11.8 Å². The summed E-state index contributed by atoms with van der Waals surface area (Å²) in [6.07, 6.45) is 14.9. The van der Waals surface area contributed by atoms with Crippen molar-refractivity contribution in [2.75, 3.05) is 13.2 Å². The fraction of sp³-hybridized carbons (Fsp3) is 0.556. The van der Waals surface area contributed by atoms with Crippen molar-refractivity contribution >= 4 is 11.8 Å². The van der Waals surface area contributed by atoms with Gasteiger partial charge in [-0.15, -0.1) is 0 Å². The van der Waals surface area contributed by atoms with Crippen LogP contribution in [0.3, 0.4) is 0 Å². The van der Waals surface area contributed by atoms with E-state index >= 15 is 0 Å². The van der Waals surface area contributed by atoms with Gasteiger partial charge in [-0.25, -0.2) is 0 Å². The zero-order valence-corrected chi connectivity index (χ0v) is 20.3. The SMILES string of the molecule is O=C(NCCc1ccccn1)c1cn(C[C@H]2CCCO2)cc(C(=O)NC2CCCCCCC2)c1=O. The van der Waals surface area contributed by atoms with Crippen molar-refractivity contribution < 1.29 is 14.3 Å². The van der Waals surface area contributed by atoms with Crippen LogP contribution in [0, 0.1) is 0 Å². The smallest absolute Gasteiger partial charge is 0.256 e. The van der Waals surface area contributed by atoms with Crippen LogP contribution < -0.4 is 16.1 Å². The lowest BCUT2D eigenvalue weighted by Crippen LogP contribution is -2.40. The quantitative estimate of drug-likeness (QED) is 0.604. The second-order valence-electron chi connectivity index (χ2n) is 9.59. The van der Waals surface area contributed by atoms with Crippen molar-refractivity contribution in [2.45, 2.75) is 82.9 Å². The third-order valence-corrected chi connectivity index (χ3v) is 6.84. The van der Waals surface area contributed by atoms with E-state index in [1.165, 1.54) is 19.3 Å². The molecule has 0 bridgehead atoms. The average molecular weight is 481 g/mol. The lowest BCUT2D eigenvalue weighted by atomic mass is 9.96. The second kappa shape index (κ2) is 12.6. The number of ether oxygens (including phenoxy) is 1. The van der Waals surface area contributed by atoms with Crippen molar-refractivity contribution in [3.8, 4) is 0 Å². The van der Waals surface area contributed by atoms with Crippen molar-refractivity contribution in [1.82, 2.24) is 20.2 Å². The number of pyridine rings is 2. The maximum absolute atomic E-state index is 13.3. The van der Waals surface area contributed by atoms with Crippen LogP contribution in [0.5, 0.6) is 0 Å². The third-order valence-electron chi connectivity index (χ3n) is 6.84. The average Bonchev–Trinajstić information content (AvgIpc) is 3.35. The van der Waals surface area contributed by atoms with E-state index < -0.39 is 17.2 Å². The molecule has 1 atom stereocenters. The molecule has 2 fully saturated rings. The summed E-state index contributed by atoms with van der Waals surface area (Å²) in [4.78, 5) is 43.7. The number of hydrogen-bond acceptors (Lipinski definition) is 5. The van der Waals surface area contributed by atoms with Crippen molar-refractivity contribution in [3.05, 3.63) is 63.8 Å². The molecular formula is C27H36N4O4. The number of hydrogen-bond donors (Lipinski definition) is 2. The molecule has 2 N–H and O–H groups in total. The van der Waals surface area contributed by atoms with Crippen LogP contribution in [0.15, 0.2) is 41.6 Å². The molecule has 2 aromatic rings. The van der Waals surface area contributed by atoms with Gasteiger partial charge in [-0.3, -0.25) is 19.4 Å². The van der Waals surface area contributed by atoms with Gasteiger partial charge in [0.05, 0.1) is 6.10 Å². The first-order valence-electron chi connectivity index (χ1n) is 12.9. The molecule has 8 heteroatoms. The lowest BCUT2D eigenvalue weighted by Gasteiger charge is -2.21. The van der Waals surface area contributed by atoms with Gasteiger partial charge in [0, 0.05) is 56.4 Å². The number of nitrogens with one attached hydrogen (secondary N) is 2. The molecular weight excluding hydrogens is 444 g/mol. The highest BCUT2D eigenvalue weighted by Crippen LogP contribution is 2.18. The van der Waals surface area contributed by atoms with Crippen LogP contribution in [0.1, 0.15) is 84.2 Å². The summed E-state index contributed by atoms with van der Waals surface area (Å²) in [5.41, 5.74) is 0.319. The maximum atomic E-state index is 13.3. The van der Waals surface area contributed by atoms with Crippen LogP contribution >= 0.6 is 0 Å². The molecule has 1 saturated carbocycles. The zero-order valence-electron chi connectivity index (χ0n) is 20.3. The Hall–Kier alpha value is -3.00. The van der Waals surface area contributed by atoms with Crippen LogP contribution in [0.4, 0.5) is 0 Å². The summed E-state index contributed by atoms with van der Waals surface area (Å²) in [5.74, 6) is -0.877. The number of nitrogens with zero attached hydrogens (tertiary/aromatic N) is 2. The molecule has 0 radical (unpaired) electrons. The topological polar surface area (TPSA) is 102 Å². The van der Waals surface area contributed by atoms with Gasteiger partial charge >= 0.3 is 0 Å². The molecule has 0 aromatic carbocycles. The number of rotatable bonds is 8. The molecule has 4 rings (SSSR count). The fourth-order valence-electron chi connectivity index (χ4n) is 4.89. The van der Waals surface area contributed by atoms with E-state index in [2.05, 4.69) is 15.6 Å². The molecule has 2 amide bonds. The molecule has 35 heavy (non-hydrogen) atoms. The molecule has 1 saturated heterocycles. The van der Waals surface area contributed by atoms with Crippen molar-refractivity contribution in [2.24, 2.45) is 0 Å².